The zero-order valence-corrected chi connectivity index (χ0v) is 16.3. The fourth-order valence-electron chi connectivity index (χ4n) is 4.01. The number of nitrogen functional groups attached to an aromatic ring is 1. The van der Waals surface area contributed by atoms with Crippen LogP contribution in [-0.4, -0.2) is 33.6 Å². The summed E-state index contributed by atoms with van der Waals surface area (Å²) in [5.41, 5.74) is 14.6. The first-order chi connectivity index (χ1) is 13.3. The maximum atomic E-state index is 13.3. The summed E-state index contributed by atoms with van der Waals surface area (Å²) in [4.78, 5) is 19.5. The number of aliphatic imine (C=N–C) groups is 1. The fraction of sp³-hybridized carbons (Fsp3) is 0.286. The van der Waals surface area contributed by atoms with Crippen molar-refractivity contribution < 1.29 is 4.79 Å². The molecule has 0 fully saturated rings. The predicted octanol–water partition coefficient (Wildman–Crippen LogP) is 2.42. The van der Waals surface area contributed by atoms with Crippen molar-refractivity contribution >= 4 is 28.5 Å². The van der Waals surface area contributed by atoms with Crippen LogP contribution in [0.3, 0.4) is 0 Å². The maximum absolute atomic E-state index is 13.3. The summed E-state index contributed by atoms with van der Waals surface area (Å²) in [6, 6.07) is 13.5. The van der Waals surface area contributed by atoms with Crippen LogP contribution in [-0.2, 0) is 16.9 Å². The van der Waals surface area contributed by atoms with Gasteiger partial charge in [-0.2, -0.15) is 5.10 Å². The standard InChI is InChI=1S/C21H24N6O/c1-4-27-17-9-8-13(10-14(17)12-24-27)18-19(28)26(3)20(23)25-21(18,2)15-6-5-7-16(22)11-15/h5-12,18H,4,22H2,1-3H3,(H2,23,25)/t18-,21+/m0/s1. The van der Waals surface area contributed by atoms with Gasteiger partial charge in [0.1, 0.15) is 5.54 Å². The van der Waals surface area contributed by atoms with E-state index in [9.17, 15) is 4.79 Å². The van der Waals surface area contributed by atoms with Crippen molar-refractivity contribution in [1.82, 2.24) is 14.7 Å². The second kappa shape index (κ2) is 6.37. The fourth-order valence-corrected chi connectivity index (χ4v) is 4.01. The molecule has 0 bridgehead atoms. The molecule has 4 N–H and O–H groups in total. The van der Waals surface area contributed by atoms with Crippen LogP contribution in [0.1, 0.15) is 30.9 Å². The number of nitrogens with two attached hydrogens (primary N) is 2. The number of hydrogen-bond acceptors (Lipinski definition) is 5. The summed E-state index contributed by atoms with van der Waals surface area (Å²) in [6.45, 7) is 4.77. The predicted molar refractivity (Wildman–Crippen MR) is 111 cm³/mol. The highest BCUT2D eigenvalue weighted by molar-refractivity contribution is 6.02. The molecule has 28 heavy (non-hydrogen) atoms. The molecule has 2 heterocycles. The van der Waals surface area contributed by atoms with E-state index in [1.54, 1.807) is 7.05 Å². The van der Waals surface area contributed by atoms with Gasteiger partial charge in [0, 0.05) is 24.7 Å². The van der Waals surface area contributed by atoms with Crippen LogP contribution in [0.2, 0.25) is 0 Å². The minimum absolute atomic E-state index is 0.0975. The number of guanidine groups is 1. The number of fused-ring (bicyclic) bond motifs is 1. The van der Waals surface area contributed by atoms with E-state index in [4.69, 9.17) is 16.5 Å². The number of amides is 1. The van der Waals surface area contributed by atoms with Gasteiger partial charge in [0.05, 0.1) is 17.6 Å². The number of aryl methyl sites for hydroxylation is 1. The highest BCUT2D eigenvalue weighted by Crippen LogP contribution is 2.44. The third kappa shape index (κ3) is 2.62. The SMILES string of the molecule is CCn1ncc2cc([C@H]3C(=O)N(C)C(N)=N[C@]3(C)c3cccc(N)c3)ccc21. The topological polar surface area (TPSA) is 103 Å². The molecule has 7 heteroatoms. The molecule has 2 atom stereocenters. The van der Waals surface area contributed by atoms with Gasteiger partial charge < -0.3 is 11.5 Å². The average molecular weight is 376 g/mol. The van der Waals surface area contributed by atoms with Crippen molar-refractivity contribution in [3.63, 3.8) is 0 Å². The molecular weight excluding hydrogens is 352 g/mol. The van der Waals surface area contributed by atoms with E-state index in [2.05, 4.69) is 5.10 Å². The molecule has 1 aromatic heterocycles. The highest BCUT2D eigenvalue weighted by atomic mass is 16.2. The molecule has 1 amide bonds. The van der Waals surface area contributed by atoms with Crippen LogP contribution in [0.25, 0.3) is 10.9 Å². The van der Waals surface area contributed by atoms with Gasteiger partial charge in [-0.1, -0.05) is 18.2 Å². The van der Waals surface area contributed by atoms with E-state index in [0.717, 1.165) is 28.6 Å². The molecule has 144 valence electrons. The van der Waals surface area contributed by atoms with Gasteiger partial charge in [0.25, 0.3) is 0 Å². The first kappa shape index (κ1) is 18.0. The number of aromatic nitrogens is 2. The van der Waals surface area contributed by atoms with E-state index in [-0.39, 0.29) is 11.9 Å². The minimum atomic E-state index is -0.864. The van der Waals surface area contributed by atoms with Crippen LogP contribution >= 0.6 is 0 Å². The van der Waals surface area contributed by atoms with Crippen LogP contribution in [0, 0.1) is 0 Å². The Balaban J connectivity index is 1.92. The molecule has 0 aliphatic carbocycles. The first-order valence-electron chi connectivity index (χ1n) is 9.29. The zero-order valence-electron chi connectivity index (χ0n) is 16.3. The maximum Gasteiger partial charge on any atom is 0.239 e. The second-order valence-electron chi connectivity index (χ2n) is 7.35. The van der Waals surface area contributed by atoms with Crippen molar-refractivity contribution in [3.05, 3.63) is 59.8 Å². The van der Waals surface area contributed by atoms with Crippen LogP contribution < -0.4 is 11.5 Å². The normalized spacial score (nSPS) is 22.5. The van der Waals surface area contributed by atoms with Crippen LogP contribution in [0.4, 0.5) is 5.69 Å². The Labute approximate surface area is 163 Å². The Morgan fingerprint density at radius 2 is 1.96 bits per heavy atom. The Bertz CT molecular complexity index is 1100. The molecule has 1 aliphatic heterocycles. The van der Waals surface area contributed by atoms with Gasteiger partial charge in [-0.05, 0) is 49.2 Å². The Morgan fingerprint density at radius 3 is 2.68 bits per heavy atom. The van der Waals surface area contributed by atoms with E-state index >= 15 is 0 Å². The quantitative estimate of drug-likeness (QED) is 0.685. The molecule has 0 unspecified atom stereocenters. The summed E-state index contributed by atoms with van der Waals surface area (Å²) in [5, 5.41) is 5.40. The number of rotatable bonds is 3. The molecule has 0 saturated carbocycles. The van der Waals surface area contributed by atoms with Gasteiger partial charge in [-0.25, -0.2) is 4.99 Å². The largest absolute Gasteiger partial charge is 0.399 e. The number of carbonyl (C=O) groups excluding carboxylic acids is 1. The zero-order chi connectivity index (χ0) is 20.1. The molecule has 0 saturated heterocycles. The van der Waals surface area contributed by atoms with Gasteiger partial charge >= 0.3 is 0 Å². The van der Waals surface area contributed by atoms with Gasteiger partial charge in [-0.3, -0.25) is 14.4 Å². The number of benzene rings is 2. The summed E-state index contributed by atoms with van der Waals surface area (Å²) >= 11 is 0. The smallest absolute Gasteiger partial charge is 0.239 e. The number of anilines is 1. The Hall–Kier alpha value is -3.35. The Morgan fingerprint density at radius 1 is 1.18 bits per heavy atom. The number of hydrogen-bond donors (Lipinski definition) is 2. The number of nitrogens with zero attached hydrogens (tertiary/aromatic N) is 4. The van der Waals surface area contributed by atoms with Crippen LogP contribution in [0.5, 0.6) is 0 Å². The molecule has 7 nitrogen and oxygen atoms in total. The van der Waals surface area contributed by atoms with Gasteiger partial charge in [0.2, 0.25) is 5.91 Å². The van der Waals surface area contributed by atoms with E-state index in [1.165, 1.54) is 4.90 Å². The third-order valence-corrected chi connectivity index (χ3v) is 5.60. The lowest BCUT2D eigenvalue weighted by Crippen LogP contribution is -2.52. The molecule has 0 radical (unpaired) electrons. The highest BCUT2D eigenvalue weighted by Gasteiger charge is 2.47. The lowest BCUT2D eigenvalue weighted by molar-refractivity contribution is -0.130. The van der Waals surface area contributed by atoms with Crippen molar-refractivity contribution in [2.45, 2.75) is 31.8 Å². The summed E-state index contributed by atoms with van der Waals surface area (Å²) in [6.07, 6.45) is 1.83. The first-order valence-corrected chi connectivity index (χ1v) is 9.29. The number of carbonyl (C=O) groups is 1. The minimum Gasteiger partial charge on any atom is -0.399 e. The van der Waals surface area contributed by atoms with Gasteiger partial charge in [0.15, 0.2) is 5.96 Å². The molecule has 3 aromatic rings. The average Bonchev–Trinajstić information content (AvgIpc) is 3.08. The van der Waals surface area contributed by atoms with Crippen molar-refractivity contribution in [2.75, 3.05) is 12.8 Å². The summed E-state index contributed by atoms with van der Waals surface area (Å²) in [5.74, 6) is -0.424. The molecule has 4 rings (SSSR count). The van der Waals surface area contributed by atoms with Crippen molar-refractivity contribution in [3.8, 4) is 0 Å². The summed E-state index contributed by atoms with van der Waals surface area (Å²) < 4.78 is 1.93. The van der Waals surface area contributed by atoms with Crippen LogP contribution in [0.15, 0.2) is 53.7 Å². The van der Waals surface area contributed by atoms with E-state index < -0.39 is 11.5 Å². The second-order valence-corrected chi connectivity index (χ2v) is 7.35. The van der Waals surface area contributed by atoms with E-state index in [0.29, 0.717) is 5.69 Å². The molecule has 0 spiro atoms. The molecular formula is C21H24N6O. The van der Waals surface area contributed by atoms with Crippen molar-refractivity contribution in [2.24, 2.45) is 10.7 Å². The van der Waals surface area contributed by atoms with E-state index in [1.807, 2.05) is 67.2 Å². The van der Waals surface area contributed by atoms with Crippen molar-refractivity contribution in [1.29, 1.82) is 0 Å². The van der Waals surface area contributed by atoms with Gasteiger partial charge in [-0.15, -0.1) is 0 Å². The third-order valence-electron chi connectivity index (χ3n) is 5.60. The molecule has 1 aliphatic rings. The molecule has 2 aromatic carbocycles. The monoisotopic (exact) mass is 376 g/mol. The number of likely N-dealkylation sites (N-methyl/N-ethyl adjacent to an activating group) is 1. The lowest BCUT2D eigenvalue weighted by Gasteiger charge is -2.41. The Kier molecular flexibility index (Phi) is 4.10. The lowest BCUT2D eigenvalue weighted by atomic mass is 9.74. The summed E-state index contributed by atoms with van der Waals surface area (Å²) in [7, 11) is 1.65.